The van der Waals surface area contributed by atoms with E-state index >= 15 is 0 Å². The molecule has 3 heteroatoms. The lowest BCUT2D eigenvalue weighted by atomic mass is 9.83. The van der Waals surface area contributed by atoms with Crippen molar-refractivity contribution in [3.05, 3.63) is 70.8 Å². The number of fused-ring (bicyclic) bond motifs is 5. The Hall–Kier alpha value is -2.16. The molecular formula is C21H25N3. The van der Waals surface area contributed by atoms with Crippen molar-refractivity contribution in [3.8, 4) is 0 Å². The third-order valence-electron chi connectivity index (χ3n) is 5.26. The zero-order chi connectivity index (χ0) is 16.5. The molecule has 0 spiro atoms. The molecule has 24 heavy (non-hydrogen) atoms. The lowest BCUT2D eigenvalue weighted by Crippen LogP contribution is -2.27. The zero-order valence-electron chi connectivity index (χ0n) is 14.5. The highest BCUT2D eigenvalue weighted by atomic mass is 15.6. The van der Waals surface area contributed by atoms with E-state index in [-0.39, 0.29) is 12.1 Å². The maximum atomic E-state index is 4.71. The minimum Gasteiger partial charge on any atom is -0.269 e. The maximum absolute atomic E-state index is 4.71. The van der Waals surface area contributed by atoms with Crippen molar-refractivity contribution >= 4 is 0 Å². The lowest BCUT2D eigenvalue weighted by molar-refractivity contribution is 0.207. The van der Waals surface area contributed by atoms with Crippen LogP contribution in [0.5, 0.6) is 0 Å². The summed E-state index contributed by atoms with van der Waals surface area (Å²) in [7, 11) is 0. The largest absolute Gasteiger partial charge is 0.269 e. The van der Waals surface area contributed by atoms with Gasteiger partial charge in [0.15, 0.2) is 0 Å². The van der Waals surface area contributed by atoms with Gasteiger partial charge in [-0.2, -0.15) is 5.11 Å². The molecule has 2 aliphatic rings. The van der Waals surface area contributed by atoms with Crippen LogP contribution in [0.3, 0.4) is 0 Å². The molecule has 3 nitrogen and oxygen atoms in total. The number of hydrogen-bond acceptors (Lipinski definition) is 3. The molecule has 2 aromatic carbocycles. The van der Waals surface area contributed by atoms with Crippen molar-refractivity contribution < 1.29 is 0 Å². The topological polar surface area (TPSA) is 28.0 Å². The predicted molar refractivity (Wildman–Crippen MR) is 96.8 cm³/mol. The average molecular weight is 319 g/mol. The van der Waals surface area contributed by atoms with Gasteiger partial charge in [0, 0.05) is 6.54 Å². The molecule has 2 atom stereocenters. The Morgan fingerprint density at radius 3 is 2.29 bits per heavy atom. The molecule has 1 aliphatic heterocycles. The maximum Gasteiger partial charge on any atom is 0.124 e. The van der Waals surface area contributed by atoms with Crippen LogP contribution in [0.2, 0.25) is 0 Å². The Bertz CT molecular complexity index is 750. The van der Waals surface area contributed by atoms with Gasteiger partial charge >= 0.3 is 0 Å². The van der Waals surface area contributed by atoms with E-state index in [1.165, 1.54) is 22.3 Å². The quantitative estimate of drug-likeness (QED) is 0.754. The van der Waals surface area contributed by atoms with Gasteiger partial charge in [0.05, 0.1) is 0 Å². The molecule has 0 radical (unpaired) electrons. The fraction of sp³-hybridized carbons (Fsp3) is 0.429. The van der Waals surface area contributed by atoms with E-state index in [4.69, 9.17) is 5.11 Å². The van der Waals surface area contributed by atoms with Crippen LogP contribution in [0.4, 0.5) is 0 Å². The summed E-state index contributed by atoms with van der Waals surface area (Å²) >= 11 is 0. The molecule has 0 amide bonds. The van der Waals surface area contributed by atoms with E-state index in [1.807, 2.05) is 0 Å². The molecule has 2 aromatic rings. The molecule has 0 saturated heterocycles. The van der Waals surface area contributed by atoms with Crippen molar-refractivity contribution in [2.45, 2.75) is 45.2 Å². The highest BCUT2D eigenvalue weighted by molar-refractivity contribution is 5.40. The Morgan fingerprint density at radius 2 is 1.58 bits per heavy atom. The standard InChI is InChI=1S/C21H25N3/c1-15(2)13-14-24-21-19-10-6-4-8-17(19)12-11-16-7-3-5-9-18(16)20(21)22-23-24/h3-10,15,20-21H,11-14H2,1-2H3. The van der Waals surface area contributed by atoms with Gasteiger partial charge in [0.1, 0.15) is 12.1 Å². The molecule has 0 N–H and O–H groups in total. The van der Waals surface area contributed by atoms with Crippen molar-refractivity contribution in [3.63, 3.8) is 0 Å². The highest BCUT2D eigenvalue weighted by Gasteiger charge is 2.38. The van der Waals surface area contributed by atoms with E-state index in [9.17, 15) is 0 Å². The van der Waals surface area contributed by atoms with Crippen molar-refractivity contribution in [2.75, 3.05) is 6.54 Å². The number of nitrogens with zero attached hydrogens (tertiary/aromatic N) is 3. The van der Waals surface area contributed by atoms with Gasteiger partial charge in [-0.1, -0.05) is 67.6 Å². The number of benzene rings is 2. The summed E-state index contributed by atoms with van der Waals surface area (Å²) in [5.41, 5.74) is 5.63. The first-order valence-electron chi connectivity index (χ1n) is 9.07. The summed E-state index contributed by atoms with van der Waals surface area (Å²) in [6.45, 7) is 5.51. The number of aryl methyl sites for hydroxylation is 2. The number of rotatable bonds is 3. The van der Waals surface area contributed by atoms with Crippen LogP contribution in [0.25, 0.3) is 0 Å². The van der Waals surface area contributed by atoms with Gasteiger partial charge in [-0.05, 0) is 47.4 Å². The van der Waals surface area contributed by atoms with Gasteiger partial charge < -0.3 is 0 Å². The fourth-order valence-corrected chi connectivity index (χ4v) is 3.91. The van der Waals surface area contributed by atoms with Crippen LogP contribution in [-0.2, 0) is 12.8 Å². The predicted octanol–water partition coefficient (Wildman–Crippen LogP) is 5.30. The first-order chi connectivity index (χ1) is 11.7. The van der Waals surface area contributed by atoms with Crippen LogP contribution in [-0.4, -0.2) is 11.6 Å². The Morgan fingerprint density at radius 1 is 0.958 bits per heavy atom. The van der Waals surface area contributed by atoms with Crippen LogP contribution in [0.15, 0.2) is 58.9 Å². The Balaban J connectivity index is 1.77. The summed E-state index contributed by atoms with van der Waals surface area (Å²) in [6.07, 6.45) is 3.32. The molecule has 2 unspecified atom stereocenters. The van der Waals surface area contributed by atoms with Gasteiger partial charge in [0.25, 0.3) is 0 Å². The molecule has 4 rings (SSSR count). The van der Waals surface area contributed by atoms with Crippen LogP contribution in [0.1, 0.15) is 54.6 Å². The minimum absolute atomic E-state index is 0.120. The molecule has 124 valence electrons. The van der Waals surface area contributed by atoms with Crippen molar-refractivity contribution in [1.29, 1.82) is 0 Å². The summed E-state index contributed by atoms with van der Waals surface area (Å²) in [5, 5.41) is 11.5. The second-order valence-electron chi connectivity index (χ2n) is 7.34. The van der Waals surface area contributed by atoms with E-state index in [2.05, 4.69) is 72.6 Å². The van der Waals surface area contributed by atoms with Gasteiger partial charge in [0.2, 0.25) is 0 Å². The first kappa shape index (κ1) is 15.4. The molecule has 0 saturated carbocycles. The van der Waals surface area contributed by atoms with Gasteiger partial charge in [-0.25, -0.2) is 0 Å². The summed E-state index contributed by atoms with van der Waals surface area (Å²) in [6, 6.07) is 18.0. The van der Waals surface area contributed by atoms with Crippen LogP contribution in [0, 0.1) is 5.92 Å². The summed E-state index contributed by atoms with van der Waals surface area (Å²) in [4.78, 5) is 0. The second kappa shape index (κ2) is 6.39. The average Bonchev–Trinajstić information content (AvgIpc) is 3.00. The van der Waals surface area contributed by atoms with E-state index in [0.29, 0.717) is 5.92 Å². The van der Waals surface area contributed by atoms with Crippen LogP contribution >= 0.6 is 0 Å². The Labute approximate surface area is 144 Å². The lowest BCUT2D eigenvalue weighted by Gasteiger charge is -2.31. The fourth-order valence-electron chi connectivity index (χ4n) is 3.91. The summed E-state index contributed by atoms with van der Waals surface area (Å²) < 4.78 is 0. The van der Waals surface area contributed by atoms with Crippen molar-refractivity contribution in [1.82, 2.24) is 5.01 Å². The SMILES string of the molecule is CC(C)CCN1N=NC2c3ccccc3CCc3ccccc3C21. The van der Waals surface area contributed by atoms with Gasteiger partial charge in [-0.15, -0.1) is 0 Å². The third kappa shape index (κ3) is 2.72. The summed E-state index contributed by atoms with van der Waals surface area (Å²) in [5.74, 6) is 0.676. The smallest absolute Gasteiger partial charge is 0.124 e. The first-order valence-corrected chi connectivity index (χ1v) is 9.07. The molecular weight excluding hydrogens is 294 g/mol. The molecule has 1 aliphatic carbocycles. The van der Waals surface area contributed by atoms with Crippen LogP contribution < -0.4 is 0 Å². The molecule has 0 fully saturated rings. The van der Waals surface area contributed by atoms with Crippen molar-refractivity contribution in [2.24, 2.45) is 16.3 Å². The normalized spacial score (nSPS) is 21.9. The zero-order valence-corrected chi connectivity index (χ0v) is 14.5. The third-order valence-corrected chi connectivity index (χ3v) is 5.26. The molecule has 1 heterocycles. The number of hydrogen-bond donors (Lipinski definition) is 0. The van der Waals surface area contributed by atoms with E-state index in [0.717, 1.165) is 25.8 Å². The molecule has 0 bridgehead atoms. The monoisotopic (exact) mass is 319 g/mol. The van der Waals surface area contributed by atoms with Gasteiger partial charge in [-0.3, -0.25) is 5.01 Å². The minimum atomic E-state index is 0.120. The highest BCUT2D eigenvalue weighted by Crippen LogP contribution is 2.45. The molecule has 0 aromatic heterocycles. The Kier molecular flexibility index (Phi) is 4.09. The van der Waals surface area contributed by atoms with E-state index < -0.39 is 0 Å². The second-order valence-corrected chi connectivity index (χ2v) is 7.34. The van der Waals surface area contributed by atoms with E-state index in [1.54, 1.807) is 0 Å².